The van der Waals surface area contributed by atoms with Crippen LogP contribution >= 0.6 is 0 Å². The number of rotatable bonds is 6. The number of hydrogen-bond donors (Lipinski definition) is 2. The number of Topliss-reactive ketones (excluding diaryl/α,β-unsaturated/α-hetero) is 1. The molecule has 1 atom stereocenters. The maximum Gasteiger partial charge on any atom is 0.268 e. The first-order valence-corrected chi connectivity index (χ1v) is 10.2. The van der Waals surface area contributed by atoms with Gasteiger partial charge >= 0.3 is 0 Å². The van der Waals surface area contributed by atoms with Gasteiger partial charge in [-0.1, -0.05) is 30.3 Å². The molecule has 0 spiro atoms. The number of benzene rings is 2. The predicted molar refractivity (Wildman–Crippen MR) is 109 cm³/mol. The lowest BCUT2D eigenvalue weighted by molar-refractivity contribution is -0.903. The summed E-state index contributed by atoms with van der Waals surface area (Å²) in [6.45, 7) is 2.56. The molecule has 2 aliphatic rings. The zero-order chi connectivity index (χ0) is 20.4. The molecule has 2 aromatic carbocycles. The van der Waals surface area contributed by atoms with Crippen molar-refractivity contribution in [3.8, 4) is 5.75 Å². The van der Waals surface area contributed by atoms with Crippen LogP contribution in [0.15, 0.2) is 48.5 Å². The number of ketones is 1. The molecule has 1 saturated heterocycles. The number of nitrogens with zero attached hydrogens (tertiary/aromatic N) is 1. The Hall–Kier alpha value is -2.70. The summed E-state index contributed by atoms with van der Waals surface area (Å²) in [6.07, 6.45) is 3.24. The van der Waals surface area contributed by atoms with Crippen LogP contribution in [0.3, 0.4) is 0 Å². The van der Waals surface area contributed by atoms with Crippen molar-refractivity contribution in [2.75, 3.05) is 31.8 Å². The number of carbonyl (C=O) groups is 2. The minimum atomic E-state index is -1.84. The third kappa shape index (κ3) is 3.66. The fraction of sp³-hybridized carbons (Fsp3) is 0.391. The smallest absolute Gasteiger partial charge is 0.268 e. The Morgan fingerprint density at radius 1 is 1.14 bits per heavy atom. The van der Waals surface area contributed by atoms with Crippen LogP contribution in [0.5, 0.6) is 5.75 Å². The van der Waals surface area contributed by atoms with Crippen LogP contribution in [-0.2, 0) is 10.4 Å². The van der Waals surface area contributed by atoms with E-state index in [9.17, 15) is 14.7 Å². The summed E-state index contributed by atoms with van der Waals surface area (Å²) in [5, 5.41) is 11.4. The summed E-state index contributed by atoms with van der Waals surface area (Å²) in [4.78, 5) is 29.3. The number of aliphatic hydroxyl groups is 1. The molecule has 4 rings (SSSR count). The first kappa shape index (κ1) is 19.6. The van der Waals surface area contributed by atoms with Gasteiger partial charge in [0.2, 0.25) is 0 Å². The van der Waals surface area contributed by atoms with Crippen molar-refractivity contribution in [2.24, 2.45) is 0 Å². The monoisotopic (exact) mass is 395 g/mol. The molecule has 1 amide bonds. The molecule has 0 radical (unpaired) electrons. The topological polar surface area (TPSA) is 71.3 Å². The molecule has 0 saturated carbocycles. The maximum absolute atomic E-state index is 13.3. The van der Waals surface area contributed by atoms with Gasteiger partial charge in [-0.3, -0.25) is 14.5 Å². The van der Waals surface area contributed by atoms with E-state index < -0.39 is 11.5 Å². The predicted octanol–water partition coefficient (Wildman–Crippen LogP) is 1.53. The van der Waals surface area contributed by atoms with E-state index in [4.69, 9.17) is 4.74 Å². The molecule has 152 valence electrons. The van der Waals surface area contributed by atoms with Gasteiger partial charge in [0.25, 0.3) is 5.91 Å². The molecule has 6 nitrogen and oxygen atoms in total. The van der Waals surface area contributed by atoms with Gasteiger partial charge < -0.3 is 14.7 Å². The number of carbonyl (C=O) groups excluding carboxylic acids is 2. The number of quaternary nitrogens is 1. The number of nitrogens with one attached hydrogen (secondary N) is 1. The number of piperidine rings is 1. The Bertz CT molecular complexity index is 923. The average molecular weight is 395 g/mol. The quantitative estimate of drug-likeness (QED) is 0.728. The van der Waals surface area contributed by atoms with Gasteiger partial charge in [-0.25, -0.2) is 0 Å². The highest BCUT2D eigenvalue weighted by Crippen LogP contribution is 2.42. The van der Waals surface area contributed by atoms with Crippen LogP contribution < -0.4 is 14.5 Å². The normalized spacial score (nSPS) is 21.9. The van der Waals surface area contributed by atoms with Crippen LogP contribution in [-0.4, -0.2) is 43.7 Å². The van der Waals surface area contributed by atoms with Crippen LogP contribution in [0.25, 0.3) is 0 Å². The first-order valence-electron chi connectivity index (χ1n) is 10.2. The van der Waals surface area contributed by atoms with E-state index in [1.807, 2.05) is 12.1 Å². The van der Waals surface area contributed by atoms with Gasteiger partial charge in [0.05, 0.1) is 32.3 Å². The summed E-state index contributed by atoms with van der Waals surface area (Å²) in [7, 11) is 1.54. The molecule has 0 unspecified atom stereocenters. The number of likely N-dealkylation sites (tertiary alicyclic amines) is 1. The lowest BCUT2D eigenvalue weighted by atomic mass is 9.88. The Kier molecular flexibility index (Phi) is 5.39. The molecule has 1 fully saturated rings. The van der Waals surface area contributed by atoms with Gasteiger partial charge in [-0.2, -0.15) is 0 Å². The zero-order valence-electron chi connectivity index (χ0n) is 16.7. The molecule has 2 aromatic rings. The lowest BCUT2D eigenvalue weighted by Gasteiger charge is -2.29. The number of amides is 1. The number of anilines is 1. The molecular formula is C23H27N2O4+. The highest BCUT2D eigenvalue weighted by molar-refractivity contribution is 6.10. The third-order valence-electron chi connectivity index (χ3n) is 5.99. The lowest BCUT2D eigenvalue weighted by Crippen LogP contribution is -3.14. The van der Waals surface area contributed by atoms with E-state index >= 15 is 0 Å². The first-order chi connectivity index (χ1) is 14.0. The maximum atomic E-state index is 13.3. The Morgan fingerprint density at radius 3 is 2.66 bits per heavy atom. The molecule has 2 aliphatic heterocycles. The zero-order valence-corrected chi connectivity index (χ0v) is 16.7. The standard InChI is InChI=1S/C23H26N2O4/c1-29-18-9-7-8-17(14-18)21(26)15-23(28)19-10-3-4-11-20(19)25(22(23)27)16-24-12-5-2-6-13-24/h3-4,7-11,14,28H,2,5-6,12-13,15-16H2,1H3/p+1/t23-/m0/s1. The molecular weight excluding hydrogens is 368 g/mol. The highest BCUT2D eigenvalue weighted by Gasteiger charge is 2.51. The second kappa shape index (κ2) is 7.97. The molecule has 2 heterocycles. The second-order valence-electron chi connectivity index (χ2n) is 7.91. The second-order valence-corrected chi connectivity index (χ2v) is 7.91. The number of fused-ring (bicyclic) bond motifs is 1. The molecule has 0 aliphatic carbocycles. The van der Waals surface area contributed by atoms with Crippen LogP contribution in [0, 0.1) is 0 Å². The van der Waals surface area contributed by atoms with E-state index in [-0.39, 0.29) is 12.2 Å². The van der Waals surface area contributed by atoms with Gasteiger partial charge in [0, 0.05) is 11.1 Å². The largest absolute Gasteiger partial charge is 0.497 e. The van der Waals surface area contributed by atoms with Gasteiger partial charge in [0.1, 0.15) is 5.75 Å². The van der Waals surface area contributed by atoms with E-state index in [0.717, 1.165) is 25.9 Å². The summed E-state index contributed by atoms with van der Waals surface area (Å²) in [5.41, 5.74) is -0.205. The number of ether oxygens (including phenoxy) is 1. The minimum Gasteiger partial charge on any atom is -0.497 e. The van der Waals surface area contributed by atoms with Crippen LogP contribution in [0.1, 0.15) is 41.6 Å². The molecule has 0 bridgehead atoms. The van der Waals surface area contributed by atoms with Crippen molar-refractivity contribution in [1.29, 1.82) is 0 Å². The average Bonchev–Trinajstić information content (AvgIpc) is 2.96. The van der Waals surface area contributed by atoms with Gasteiger partial charge in [0.15, 0.2) is 18.1 Å². The third-order valence-corrected chi connectivity index (χ3v) is 5.99. The SMILES string of the molecule is COc1cccc(C(=O)C[C@@]2(O)C(=O)N(C[NH+]3CCCCC3)c3ccccc32)c1. The van der Waals surface area contributed by atoms with Gasteiger partial charge in [-0.15, -0.1) is 0 Å². The Morgan fingerprint density at radius 2 is 1.90 bits per heavy atom. The fourth-order valence-corrected chi connectivity index (χ4v) is 4.40. The summed E-state index contributed by atoms with van der Waals surface area (Å²) in [6, 6.07) is 14.0. The number of hydrogen-bond acceptors (Lipinski definition) is 4. The Labute approximate surface area is 170 Å². The van der Waals surface area contributed by atoms with Crippen molar-refractivity contribution in [3.05, 3.63) is 59.7 Å². The summed E-state index contributed by atoms with van der Waals surface area (Å²) < 4.78 is 5.19. The van der Waals surface area contributed by atoms with Crippen molar-refractivity contribution in [1.82, 2.24) is 0 Å². The van der Waals surface area contributed by atoms with Crippen LogP contribution in [0.2, 0.25) is 0 Å². The van der Waals surface area contributed by atoms with Crippen molar-refractivity contribution < 1.29 is 24.3 Å². The highest BCUT2D eigenvalue weighted by atomic mass is 16.5. The van der Waals surface area contributed by atoms with Gasteiger partial charge in [-0.05, 0) is 37.5 Å². The number of methoxy groups -OCH3 is 1. The Balaban J connectivity index is 1.61. The molecule has 29 heavy (non-hydrogen) atoms. The summed E-state index contributed by atoms with van der Waals surface area (Å²) in [5.74, 6) is -0.133. The number of para-hydroxylation sites is 1. The molecule has 0 aromatic heterocycles. The molecule has 6 heteroatoms. The minimum absolute atomic E-state index is 0.290. The van der Waals surface area contributed by atoms with E-state index in [0.29, 0.717) is 29.2 Å². The fourth-order valence-electron chi connectivity index (χ4n) is 4.40. The van der Waals surface area contributed by atoms with Crippen molar-refractivity contribution in [3.63, 3.8) is 0 Å². The van der Waals surface area contributed by atoms with Crippen LogP contribution in [0.4, 0.5) is 5.69 Å². The van der Waals surface area contributed by atoms with E-state index in [2.05, 4.69) is 0 Å². The molecule has 2 N–H and O–H groups in total. The van der Waals surface area contributed by atoms with Crippen molar-refractivity contribution in [2.45, 2.75) is 31.3 Å². The van der Waals surface area contributed by atoms with E-state index in [1.165, 1.54) is 18.4 Å². The van der Waals surface area contributed by atoms with Crippen molar-refractivity contribution >= 4 is 17.4 Å². The van der Waals surface area contributed by atoms with E-state index in [1.54, 1.807) is 41.3 Å². The summed E-state index contributed by atoms with van der Waals surface area (Å²) >= 11 is 0.